The van der Waals surface area contributed by atoms with Gasteiger partial charge >= 0.3 is 0 Å². The average Bonchev–Trinajstić information content (AvgIpc) is 3.19. The van der Waals surface area contributed by atoms with Crippen molar-refractivity contribution in [2.24, 2.45) is 0 Å². The van der Waals surface area contributed by atoms with Gasteiger partial charge < -0.3 is 4.90 Å². The second-order valence-corrected chi connectivity index (χ2v) is 10.1. The molecule has 1 aliphatic rings. The van der Waals surface area contributed by atoms with Crippen molar-refractivity contribution in [2.75, 3.05) is 31.1 Å². The summed E-state index contributed by atoms with van der Waals surface area (Å²) in [6.07, 6.45) is 0. The number of benzene rings is 2. The molecule has 0 aliphatic carbocycles. The first-order chi connectivity index (χ1) is 13.4. The van der Waals surface area contributed by atoms with Crippen LogP contribution in [0.5, 0.6) is 0 Å². The van der Waals surface area contributed by atoms with E-state index in [4.69, 9.17) is 4.98 Å². The van der Waals surface area contributed by atoms with Crippen LogP contribution in [0.2, 0.25) is 0 Å². The number of aromatic nitrogens is 1. The number of rotatable bonds is 4. The summed E-state index contributed by atoms with van der Waals surface area (Å²) < 4.78 is 41.0. The number of piperazine rings is 1. The highest BCUT2D eigenvalue weighted by molar-refractivity contribution is 9.10. The largest absolute Gasteiger partial charge is 0.345 e. The van der Waals surface area contributed by atoms with Crippen LogP contribution in [0.4, 0.5) is 9.52 Å². The molecule has 146 valence electrons. The van der Waals surface area contributed by atoms with Gasteiger partial charge in [0.25, 0.3) is 0 Å². The SMILES string of the molecule is O=S(=O)(c1ccc(F)cc1)N1CCN(c2nc(-c3cccc(Br)c3)cs2)CC1. The van der Waals surface area contributed by atoms with Gasteiger partial charge in [0.15, 0.2) is 5.13 Å². The van der Waals surface area contributed by atoms with Crippen LogP contribution in [0.15, 0.2) is 63.3 Å². The number of anilines is 1. The highest BCUT2D eigenvalue weighted by Crippen LogP contribution is 2.30. The zero-order valence-electron chi connectivity index (χ0n) is 14.8. The molecule has 3 aromatic rings. The van der Waals surface area contributed by atoms with Gasteiger partial charge in [0, 0.05) is 41.6 Å². The third-order valence-electron chi connectivity index (χ3n) is 4.57. The van der Waals surface area contributed by atoms with E-state index in [1.54, 1.807) is 11.3 Å². The predicted molar refractivity (Wildman–Crippen MR) is 113 cm³/mol. The number of nitrogens with zero attached hydrogens (tertiary/aromatic N) is 3. The molecule has 0 radical (unpaired) electrons. The second kappa shape index (κ2) is 7.90. The van der Waals surface area contributed by atoms with Gasteiger partial charge in [-0.25, -0.2) is 17.8 Å². The molecule has 0 unspecified atom stereocenters. The first-order valence-corrected chi connectivity index (χ1v) is 11.8. The summed E-state index contributed by atoms with van der Waals surface area (Å²) >= 11 is 5.03. The smallest absolute Gasteiger partial charge is 0.243 e. The normalized spacial score (nSPS) is 15.7. The van der Waals surface area contributed by atoms with Crippen molar-refractivity contribution in [2.45, 2.75) is 4.90 Å². The number of halogens is 2. The van der Waals surface area contributed by atoms with E-state index >= 15 is 0 Å². The van der Waals surface area contributed by atoms with Crippen LogP contribution in [0.25, 0.3) is 11.3 Å². The quantitative estimate of drug-likeness (QED) is 0.559. The lowest BCUT2D eigenvalue weighted by Gasteiger charge is -2.33. The first kappa shape index (κ1) is 19.5. The van der Waals surface area contributed by atoms with Crippen molar-refractivity contribution in [1.29, 1.82) is 0 Å². The van der Waals surface area contributed by atoms with E-state index in [-0.39, 0.29) is 4.90 Å². The van der Waals surface area contributed by atoms with Crippen LogP contribution in [-0.2, 0) is 10.0 Å². The first-order valence-electron chi connectivity index (χ1n) is 8.65. The van der Waals surface area contributed by atoms with Crippen LogP contribution in [0, 0.1) is 5.82 Å². The molecular formula is C19H17BrFN3O2S2. The second-order valence-electron chi connectivity index (χ2n) is 6.37. The maximum absolute atomic E-state index is 13.1. The Bertz CT molecular complexity index is 1080. The van der Waals surface area contributed by atoms with E-state index in [0.29, 0.717) is 26.2 Å². The molecule has 0 spiro atoms. The van der Waals surface area contributed by atoms with Gasteiger partial charge in [-0.05, 0) is 36.4 Å². The van der Waals surface area contributed by atoms with Gasteiger partial charge in [-0.3, -0.25) is 0 Å². The van der Waals surface area contributed by atoms with Gasteiger partial charge in [0.05, 0.1) is 10.6 Å². The fourth-order valence-electron chi connectivity index (χ4n) is 3.07. The Labute approximate surface area is 175 Å². The molecule has 0 saturated carbocycles. The van der Waals surface area contributed by atoms with Crippen molar-refractivity contribution < 1.29 is 12.8 Å². The van der Waals surface area contributed by atoms with Gasteiger partial charge in [0.1, 0.15) is 5.82 Å². The van der Waals surface area contributed by atoms with Crippen LogP contribution < -0.4 is 4.90 Å². The van der Waals surface area contributed by atoms with Crippen molar-refractivity contribution in [3.8, 4) is 11.3 Å². The molecule has 0 bridgehead atoms. The van der Waals surface area contributed by atoms with E-state index in [0.717, 1.165) is 20.9 Å². The topological polar surface area (TPSA) is 53.5 Å². The molecule has 1 fully saturated rings. The Morgan fingerprint density at radius 1 is 1.04 bits per heavy atom. The Morgan fingerprint density at radius 3 is 2.43 bits per heavy atom. The van der Waals surface area contributed by atoms with E-state index in [1.807, 2.05) is 29.6 Å². The molecule has 2 heterocycles. The lowest BCUT2D eigenvalue weighted by Crippen LogP contribution is -2.48. The van der Waals surface area contributed by atoms with Gasteiger partial charge in [-0.1, -0.05) is 28.1 Å². The van der Waals surface area contributed by atoms with Gasteiger partial charge in [0.2, 0.25) is 10.0 Å². The zero-order chi connectivity index (χ0) is 19.7. The summed E-state index contributed by atoms with van der Waals surface area (Å²) in [5.41, 5.74) is 1.94. The fourth-order valence-corrected chi connectivity index (χ4v) is 5.78. The Balaban J connectivity index is 1.45. The molecule has 2 aromatic carbocycles. The Kier molecular flexibility index (Phi) is 5.50. The highest BCUT2D eigenvalue weighted by atomic mass is 79.9. The van der Waals surface area contributed by atoms with E-state index < -0.39 is 15.8 Å². The molecule has 0 amide bonds. The summed E-state index contributed by atoms with van der Waals surface area (Å²) in [5.74, 6) is -0.450. The van der Waals surface area contributed by atoms with Crippen LogP contribution >= 0.6 is 27.3 Å². The molecule has 5 nitrogen and oxygen atoms in total. The molecule has 1 saturated heterocycles. The minimum Gasteiger partial charge on any atom is -0.345 e. The minimum atomic E-state index is -3.61. The molecule has 4 rings (SSSR count). The summed E-state index contributed by atoms with van der Waals surface area (Å²) in [4.78, 5) is 6.93. The van der Waals surface area contributed by atoms with E-state index in [1.165, 1.54) is 28.6 Å². The molecule has 9 heteroatoms. The third-order valence-corrected chi connectivity index (χ3v) is 7.88. The molecule has 1 aliphatic heterocycles. The zero-order valence-corrected chi connectivity index (χ0v) is 18.0. The van der Waals surface area contributed by atoms with Crippen molar-refractivity contribution in [3.63, 3.8) is 0 Å². The number of sulfonamides is 1. The monoisotopic (exact) mass is 481 g/mol. The van der Waals surface area contributed by atoms with Gasteiger partial charge in [-0.15, -0.1) is 11.3 Å². The van der Waals surface area contributed by atoms with Crippen LogP contribution in [0.3, 0.4) is 0 Å². The summed E-state index contributed by atoms with van der Waals surface area (Å²) in [6.45, 7) is 1.86. The Morgan fingerprint density at radius 2 is 1.75 bits per heavy atom. The molecular weight excluding hydrogens is 465 g/mol. The van der Waals surface area contributed by atoms with Crippen molar-refractivity contribution >= 4 is 42.4 Å². The summed E-state index contributed by atoms with van der Waals surface area (Å²) in [7, 11) is -3.61. The number of hydrogen-bond donors (Lipinski definition) is 0. The van der Waals surface area contributed by atoms with Crippen molar-refractivity contribution in [3.05, 3.63) is 64.2 Å². The molecule has 28 heavy (non-hydrogen) atoms. The number of hydrogen-bond acceptors (Lipinski definition) is 5. The predicted octanol–water partition coefficient (Wildman–Crippen LogP) is 4.22. The lowest BCUT2D eigenvalue weighted by atomic mass is 10.2. The molecule has 0 N–H and O–H groups in total. The lowest BCUT2D eigenvalue weighted by molar-refractivity contribution is 0.384. The fraction of sp³-hybridized carbons (Fsp3) is 0.211. The third kappa shape index (κ3) is 3.98. The average molecular weight is 482 g/mol. The van der Waals surface area contributed by atoms with E-state index in [9.17, 15) is 12.8 Å². The standard InChI is InChI=1S/C19H17BrFN3O2S2/c20-15-3-1-2-14(12-15)18-13-27-19(22-18)23-8-10-24(11-9-23)28(25,26)17-6-4-16(21)5-7-17/h1-7,12-13H,8-11H2. The number of thiazole rings is 1. The summed E-state index contributed by atoms with van der Waals surface area (Å²) in [5, 5.41) is 2.90. The highest BCUT2D eigenvalue weighted by Gasteiger charge is 2.29. The maximum atomic E-state index is 13.1. The maximum Gasteiger partial charge on any atom is 0.243 e. The minimum absolute atomic E-state index is 0.119. The van der Waals surface area contributed by atoms with Crippen LogP contribution in [0.1, 0.15) is 0 Å². The van der Waals surface area contributed by atoms with Crippen molar-refractivity contribution in [1.82, 2.24) is 9.29 Å². The van der Waals surface area contributed by atoms with Gasteiger partial charge in [-0.2, -0.15) is 4.31 Å². The summed E-state index contributed by atoms with van der Waals surface area (Å²) in [6, 6.07) is 12.9. The molecule has 1 aromatic heterocycles. The van der Waals surface area contributed by atoms with E-state index in [2.05, 4.69) is 20.8 Å². The van der Waals surface area contributed by atoms with Crippen LogP contribution in [-0.4, -0.2) is 43.9 Å². The molecule has 0 atom stereocenters. The Hall–Kier alpha value is -1.81.